The Hall–Kier alpha value is -0.980. The van der Waals surface area contributed by atoms with E-state index in [-0.39, 0.29) is 5.41 Å². The molecule has 0 spiro atoms. The van der Waals surface area contributed by atoms with E-state index in [4.69, 9.17) is 0 Å². The molecule has 0 fully saturated rings. The molecule has 0 saturated heterocycles. The van der Waals surface area contributed by atoms with E-state index in [1.807, 2.05) is 12.1 Å². The van der Waals surface area contributed by atoms with Crippen LogP contribution in [0.3, 0.4) is 0 Å². The van der Waals surface area contributed by atoms with Crippen LogP contribution in [0.2, 0.25) is 0 Å². The molecule has 0 aromatic heterocycles. The first-order valence-electron chi connectivity index (χ1n) is 4.77. The average Bonchev–Trinajstić information content (AvgIpc) is 2.01. The Morgan fingerprint density at radius 1 is 1.23 bits per heavy atom. The predicted octanol–water partition coefficient (Wildman–Crippen LogP) is 3.25. The summed E-state index contributed by atoms with van der Waals surface area (Å²) in [6.45, 7) is 8.40. The largest absolute Gasteiger partial charge is 0.508 e. The smallest absolute Gasteiger partial charge is 0.119 e. The third-order valence-electron chi connectivity index (χ3n) is 2.28. The highest BCUT2D eigenvalue weighted by molar-refractivity contribution is 5.40. The maximum atomic E-state index is 9.76. The van der Waals surface area contributed by atoms with Gasteiger partial charge in [-0.05, 0) is 29.0 Å². The fourth-order valence-corrected chi connectivity index (χ4v) is 1.43. The second kappa shape index (κ2) is 3.41. The average molecular weight is 178 g/mol. The summed E-state index contributed by atoms with van der Waals surface area (Å²) in [6.07, 6.45) is 0.970. The third kappa shape index (κ3) is 2.24. The molecule has 0 aliphatic carbocycles. The van der Waals surface area contributed by atoms with Gasteiger partial charge in [0.15, 0.2) is 0 Å². The van der Waals surface area contributed by atoms with Crippen molar-refractivity contribution >= 4 is 0 Å². The van der Waals surface area contributed by atoms with Crippen LogP contribution in [0.25, 0.3) is 0 Å². The van der Waals surface area contributed by atoms with E-state index in [9.17, 15) is 5.11 Å². The first-order chi connectivity index (χ1) is 5.95. The molecule has 0 heterocycles. The molecule has 13 heavy (non-hydrogen) atoms. The molecule has 0 saturated carbocycles. The lowest BCUT2D eigenvalue weighted by atomic mass is 9.86. The van der Waals surface area contributed by atoms with Gasteiger partial charge in [0.1, 0.15) is 5.75 Å². The molecule has 72 valence electrons. The number of aryl methyl sites for hydroxylation is 1. The monoisotopic (exact) mass is 178 g/mol. The summed E-state index contributed by atoms with van der Waals surface area (Å²) in [4.78, 5) is 0. The minimum Gasteiger partial charge on any atom is -0.508 e. The predicted molar refractivity (Wildman–Crippen MR) is 56.2 cm³/mol. The third-order valence-corrected chi connectivity index (χ3v) is 2.28. The van der Waals surface area contributed by atoms with Crippen LogP contribution in [0, 0.1) is 0 Å². The quantitative estimate of drug-likeness (QED) is 0.700. The molecule has 0 aliphatic heterocycles. The fourth-order valence-electron chi connectivity index (χ4n) is 1.43. The van der Waals surface area contributed by atoms with Crippen molar-refractivity contribution in [3.63, 3.8) is 0 Å². The molecule has 1 rings (SSSR count). The zero-order chi connectivity index (χ0) is 10.1. The second-order valence-electron chi connectivity index (χ2n) is 4.46. The van der Waals surface area contributed by atoms with Crippen molar-refractivity contribution < 1.29 is 5.11 Å². The molecule has 0 unspecified atom stereocenters. The van der Waals surface area contributed by atoms with Gasteiger partial charge in [0.05, 0.1) is 0 Å². The summed E-state index contributed by atoms with van der Waals surface area (Å²) in [6, 6.07) is 5.97. The van der Waals surface area contributed by atoms with Gasteiger partial charge in [0.25, 0.3) is 0 Å². The molecule has 0 bridgehead atoms. The Kier molecular flexibility index (Phi) is 2.65. The van der Waals surface area contributed by atoms with Crippen LogP contribution in [0.4, 0.5) is 0 Å². The van der Waals surface area contributed by atoms with Crippen molar-refractivity contribution in [2.45, 2.75) is 39.5 Å². The molecule has 0 amide bonds. The minimum atomic E-state index is 0.0242. The Bertz CT molecular complexity index is 294. The Morgan fingerprint density at radius 2 is 1.85 bits per heavy atom. The van der Waals surface area contributed by atoms with Gasteiger partial charge in [0, 0.05) is 0 Å². The highest BCUT2D eigenvalue weighted by Crippen LogP contribution is 2.30. The van der Waals surface area contributed by atoms with Gasteiger partial charge >= 0.3 is 0 Å². The summed E-state index contributed by atoms with van der Waals surface area (Å²) in [5.41, 5.74) is 2.23. The van der Waals surface area contributed by atoms with Crippen LogP contribution in [0.5, 0.6) is 5.75 Å². The summed E-state index contributed by atoms with van der Waals surface area (Å²) in [5.74, 6) is 0.423. The van der Waals surface area contributed by atoms with Gasteiger partial charge in [-0.2, -0.15) is 0 Å². The fraction of sp³-hybridized carbons (Fsp3) is 0.500. The maximum absolute atomic E-state index is 9.76. The molecule has 0 radical (unpaired) electrons. The van der Waals surface area contributed by atoms with E-state index in [2.05, 4.69) is 33.8 Å². The van der Waals surface area contributed by atoms with E-state index < -0.39 is 0 Å². The van der Waals surface area contributed by atoms with Gasteiger partial charge in [-0.3, -0.25) is 0 Å². The van der Waals surface area contributed by atoms with Gasteiger partial charge in [-0.15, -0.1) is 0 Å². The summed E-state index contributed by atoms with van der Waals surface area (Å²) in [5, 5.41) is 9.76. The lowest BCUT2D eigenvalue weighted by Crippen LogP contribution is -2.11. The van der Waals surface area contributed by atoms with E-state index in [1.54, 1.807) is 0 Å². The number of hydrogen-bond acceptors (Lipinski definition) is 1. The number of phenols is 1. The Labute approximate surface area is 80.4 Å². The molecule has 0 aliphatic rings. The minimum absolute atomic E-state index is 0.0242. The second-order valence-corrected chi connectivity index (χ2v) is 4.46. The molecule has 1 N–H and O–H groups in total. The highest BCUT2D eigenvalue weighted by Gasteiger charge is 2.17. The summed E-state index contributed by atoms with van der Waals surface area (Å²) < 4.78 is 0. The number of hydrogen-bond donors (Lipinski definition) is 1. The molecule has 1 heteroatoms. The van der Waals surface area contributed by atoms with Crippen molar-refractivity contribution in [3.8, 4) is 5.75 Å². The Balaban J connectivity index is 3.13. The highest BCUT2D eigenvalue weighted by atomic mass is 16.3. The zero-order valence-corrected chi connectivity index (χ0v) is 8.89. The first kappa shape index (κ1) is 10.1. The first-order valence-corrected chi connectivity index (χ1v) is 4.77. The maximum Gasteiger partial charge on any atom is 0.119 e. The van der Waals surface area contributed by atoms with Crippen LogP contribution in [0.15, 0.2) is 18.2 Å². The van der Waals surface area contributed by atoms with E-state index in [1.165, 1.54) is 5.56 Å². The van der Waals surface area contributed by atoms with Crippen LogP contribution in [-0.4, -0.2) is 5.11 Å². The standard InChI is InChI=1S/C12H18O/c1-5-9-6-7-10(11(13)8-9)12(2,3)4/h6-8,13H,5H2,1-4H3. The van der Waals surface area contributed by atoms with Crippen LogP contribution in [-0.2, 0) is 11.8 Å². The summed E-state index contributed by atoms with van der Waals surface area (Å²) >= 11 is 0. The van der Waals surface area contributed by atoms with Crippen molar-refractivity contribution in [2.24, 2.45) is 0 Å². The lowest BCUT2D eigenvalue weighted by molar-refractivity contribution is 0.446. The van der Waals surface area contributed by atoms with Crippen molar-refractivity contribution in [2.75, 3.05) is 0 Å². The number of phenolic OH excluding ortho intramolecular Hbond substituents is 1. The lowest BCUT2D eigenvalue weighted by Gasteiger charge is -2.20. The van der Waals surface area contributed by atoms with Crippen molar-refractivity contribution in [1.29, 1.82) is 0 Å². The van der Waals surface area contributed by atoms with Gasteiger partial charge in [0.2, 0.25) is 0 Å². The molecular formula is C12H18O. The van der Waals surface area contributed by atoms with E-state index in [0.29, 0.717) is 5.75 Å². The van der Waals surface area contributed by atoms with Crippen LogP contribution >= 0.6 is 0 Å². The Morgan fingerprint density at radius 3 is 2.23 bits per heavy atom. The van der Waals surface area contributed by atoms with Crippen LogP contribution < -0.4 is 0 Å². The van der Waals surface area contributed by atoms with E-state index >= 15 is 0 Å². The van der Waals surface area contributed by atoms with Gasteiger partial charge in [-0.1, -0.05) is 39.8 Å². The molecule has 1 nitrogen and oxygen atoms in total. The zero-order valence-electron chi connectivity index (χ0n) is 8.89. The summed E-state index contributed by atoms with van der Waals surface area (Å²) in [7, 11) is 0. The van der Waals surface area contributed by atoms with Gasteiger partial charge in [-0.25, -0.2) is 0 Å². The topological polar surface area (TPSA) is 20.2 Å². The molecular weight excluding hydrogens is 160 g/mol. The molecule has 0 atom stereocenters. The van der Waals surface area contributed by atoms with Crippen molar-refractivity contribution in [1.82, 2.24) is 0 Å². The van der Waals surface area contributed by atoms with Gasteiger partial charge < -0.3 is 5.11 Å². The molecule has 1 aromatic rings. The normalized spacial score (nSPS) is 11.7. The SMILES string of the molecule is CCc1ccc(C(C)(C)C)c(O)c1. The number of rotatable bonds is 1. The van der Waals surface area contributed by atoms with E-state index in [0.717, 1.165) is 12.0 Å². The number of benzene rings is 1. The molecule has 1 aromatic carbocycles. The van der Waals surface area contributed by atoms with Crippen molar-refractivity contribution in [3.05, 3.63) is 29.3 Å². The number of aromatic hydroxyl groups is 1. The van der Waals surface area contributed by atoms with Crippen LogP contribution in [0.1, 0.15) is 38.8 Å².